The number of benzene rings is 1. The van der Waals surface area contributed by atoms with Gasteiger partial charge in [-0.1, -0.05) is 23.8 Å². The minimum atomic E-state index is 0.854. The van der Waals surface area contributed by atoms with Crippen molar-refractivity contribution in [1.29, 1.82) is 0 Å². The van der Waals surface area contributed by atoms with Crippen LogP contribution >= 0.6 is 0 Å². The summed E-state index contributed by atoms with van der Waals surface area (Å²) in [6.45, 7) is 4.24. The second kappa shape index (κ2) is 5.23. The van der Waals surface area contributed by atoms with Crippen molar-refractivity contribution in [2.24, 2.45) is 0 Å². The minimum Gasteiger partial charge on any atom is -0.373 e. The van der Waals surface area contributed by atoms with Crippen LogP contribution in [0.5, 0.6) is 0 Å². The Morgan fingerprint density at radius 3 is 2.60 bits per heavy atom. The maximum Gasteiger partial charge on any atom is 0.162 e. The van der Waals surface area contributed by atoms with Crippen molar-refractivity contribution < 1.29 is 0 Å². The summed E-state index contributed by atoms with van der Waals surface area (Å²) < 4.78 is 0. The van der Waals surface area contributed by atoms with Crippen LogP contribution in [0.4, 0.5) is 5.82 Å². The van der Waals surface area contributed by atoms with Crippen LogP contribution in [0.3, 0.4) is 0 Å². The van der Waals surface area contributed by atoms with E-state index in [1.807, 2.05) is 7.05 Å². The van der Waals surface area contributed by atoms with E-state index in [2.05, 4.69) is 37.4 Å². The largest absolute Gasteiger partial charge is 0.373 e. The first-order chi connectivity index (χ1) is 9.69. The molecule has 2 aromatic rings. The second-order valence-corrected chi connectivity index (χ2v) is 5.60. The third kappa shape index (κ3) is 2.28. The van der Waals surface area contributed by atoms with E-state index < -0.39 is 0 Å². The van der Waals surface area contributed by atoms with Crippen LogP contribution in [0, 0.1) is 13.8 Å². The van der Waals surface area contributed by atoms with E-state index in [-0.39, 0.29) is 0 Å². The van der Waals surface area contributed by atoms with Gasteiger partial charge in [0.05, 0.1) is 0 Å². The predicted octanol–water partition coefficient (Wildman–Crippen LogP) is 3.68. The fourth-order valence-corrected chi connectivity index (χ4v) is 2.99. The Morgan fingerprint density at radius 1 is 1.05 bits per heavy atom. The molecule has 3 nitrogen and oxygen atoms in total. The number of rotatable bonds is 2. The number of nitrogens with zero attached hydrogens (tertiary/aromatic N) is 2. The van der Waals surface area contributed by atoms with E-state index in [4.69, 9.17) is 9.97 Å². The second-order valence-electron chi connectivity index (χ2n) is 5.60. The molecule has 20 heavy (non-hydrogen) atoms. The molecule has 0 saturated carbocycles. The lowest BCUT2D eigenvalue weighted by molar-refractivity contribution is 0.665. The van der Waals surface area contributed by atoms with Gasteiger partial charge in [0.15, 0.2) is 5.82 Å². The summed E-state index contributed by atoms with van der Waals surface area (Å²) in [5.41, 5.74) is 6.19. The molecule has 3 rings (SSSR count). The smallest absolute Gasteiger partial charge is 0.162 e. The van der Waals surface area contributed by atoms with Crippen molar-refractivity contribution in [1.82, 2.24) is 9.97 Å². The highest BCUT2D eigenvalue weighted by Crippen LogP contribution is 2.29. The van der Waals surface area contributed by atoms with Gasteiger partial charge < -0.3 is 5.32 Å². The third-order valence-electron chi connectivity index (χ3n) is 4.04. The number of aryl methyl sites for hydroxylation is 3. The maximum absolute atomic E-state index is 4.83. The zero-order valence-electron chi connectivity index (χ0n) is 12.5. The van der Waals surface area contributed by atoms with Gasteiger partial charge in [0.2, 0.25) is 0 Å². The molecule has 104 valence electrons. The molecule has 0 aliphatic heterocycles. The van der Waals surface area contributed by atoms with Gasteiger partial charge in [0, 0.05) is 23.9 Å². The zero-order valence-corrected chi connectivity index (χ0v) is 12.5. The molecule has 0 amide bonds. The lowest BCUT2D eigenvalue weighted by Crippen LogP contribution is -2.12. The molecule has 3 heteroatoms. The van der Waals surface area contributed by atoms with Gasteiger partial charge in [-0.05, 0) is 45.1 Å². The average molecular weight is 267 g/mol. The normalized spacial score (nSPS) is 13.9. The lowest BCUT2D eigenvalue weighted by atomic mass is 9.96. The molecule has 0 fully saturated rings. The van der Waals surface area contributed by atoms with Crippen molar-refractivity contribution in [3.8, 4) is 11.4 Å². The van der Waals surface area contributed by atoms with Gasteiger partial charge in [-0.25, -0.2) is 9.97 Å². The molecule has 0 unspecified atom stereocenters. The molecule has 1 aliphatic rings. The average Bonchev–Trinajstić information content (AvgIpc) is 2.46. The first-order valence-corrected chi connectivity index (χ1v) is 7.34. The Kier molecular flexibility index (Phi) is 3.43. The Bertz CT molecular complexity index is 630. The van der Waals surface area contributed by atoms with E-state index in [9.17, 15) is 0 Å². The monoisotopic (exact) mass is 267 g/mol. The van der Waals surface area contributed by atoms with Crippen molar-refractivity contribution in [2.45, 2.75) is 39.5 Å². The molecular formula is C17H21N3. The van der Waals surface area contributed by atoms with Gasteiger partial charge in [-0.15, -0.1) is 0 Å². The topological polar surface area (TPSA) is 37.8 Å². The Hall–Kier alpha value is -1.90. The van der Waals surface area contributed by atoms with E-state index in [1.165, 1.54) is 35.2 Å². The van der Waals surface area contributed by atoms with Crippen LogP contribution < -0.4 is 5.32 Å². The Labute approximate surface area is 120 Å². The summed E-state index contributed by atoms with van der Waals surface area (Å²) in [5.74, 6) is 1.86. The maximum atomic E-state index is 4.83. The summed E-state index contributed by atoms with van der Waals surface area (Å²) in [6.07, 6.45) is 4.65. The number of anilines is 1. The SMILES string of the molecule is CNc1nc(-c2ccc(C)cc2C)nc2c1CCCC2. The summed E-state index contributed by atoms with van der Waals surface area (Å²) in [5, 5.41) is 3.24. The van der Waals surface area contributed by atoms with Gasteiger partial charge in [-0.3, -0.25) is 0 Å². The first kappa shape index (κ1) is 13.1. The fourth-order valence-electron chi connectivity index (χ4n) is 2.99. The highest BCUT2D eigenvalue weighted by atomic mass is 15.0. The number of fused-ring (bicyclic) bond motifs is 1. The first-order valence-electron chi connectivity index (χ1n) is 7.34. The van der Waals surface area contributed by atoms with Crippen LogP contribution in [0.25, 0.3) is 11.4 Å². The molecule has 0 spiro atoms. The summed E-state index contributed by atoms with van der Waals surface area (Å²) in [6, 6.07) is 6.45. The highest BCUT2D eigenvalue weighted by Gasteiger charge is 2.18. The minimum absolute atomic E-state index is 0.854. The molecule has 0 saturated heterocycles. The van der Waals surface area contributed by atoms with Crippen LogP contribution in [0.2, 0.25) is 0 Å². The van der Waals surface area contributed by atoms with E-state index in [1.54, 1.807) is 0 Å². The van der Waals surface area contributed by atoms with E-state index >= 15 is 0 Å². The molecule has 0 radical (unpaired) electrons. The van der Waals surface area contributed by atoms with Gasteiger partial charge >= 0.3 is 0 Å². The number of hydrogen-bond donors (Lipinski definition) is 1. The standard InChI is InChI=1S/C17H21N3/c1-11-8-9-13(12(2)10-11)17-19-15-7-5-4-6-14(15)16(18-3)20-17/h8-10H,4-7H2,1-3H3,(H,18,19,20). The summed E-state index contributed by atoms with van der Waals surface area (Å²) in [4.78, 5) is 9.57. The highest BCUT2D eigenvalue weighted by molar-refractivity contribution is 5.64. The Morgan fingerprint density at radius 2 is 1.85 bits per heavy atom. The zero-order chi connectivity index (χ0) is 14.1. The number of aromatic nitrogens is 2. The summed E-state index contributed by atoms with van der Waals surface area (Å²) in [7, 11) is 1.95. The molecule has 1 aromatic heterocycles. The van der Waals surface area contributed by atoms with Gasteiger partial charge in [-0.2, -0.15) is 0 Å². The molecule has 1 heterocycles. The predicted molar refractivity (Wildman–Crippen MR) is 83.1 cm³/mol. The van der Waals surface area contributed by atoms with E-state index in [0.717, 1.165) is 30.0 Å². The third-order valence-corrected chi connectivity index (χ3v) is 4.04. The molecule has 1 N–H and O–H groups in total. The van der Waals surface area contributed by atoms with Crippen molar-refractivity contribution in [3.63, 3.8) is 0 Å². The molecular weight excluding hydrogens is 246 g/mol. The molecule has 0 bridgehead atoms. The molecule has 1 aromatic carbocycles. The van der Waals surface area contributed by atoms with Gasteiger partial charge in [0.1, 0.15) is 5.82 Å². The van der Waals surface area contributed by atoms with Crippen molar-refractivity contribution >= 4 is 5.82 Å². The molecule has 1 aliphatic carbocycles. The van der Waals surface area contributed by atoms with Crippen LogP contribution in [-0.2, 0) is 12.8 Å². The Balaban J connectivity index is 2.14. The summed E-state index contributed by atoms with van der Waals surface area (Å²) >= 11 is 0. The number of hydrogen-bond acceptors (Lipinski definition) is 3. The van der Waals surface area contributed by atoms with Gasteiger partial charge in [0.25, 0.3) is 0 Å². The van der Waals surface area contributed by atoms with Crippen molar-refractivity contribution in [3.05, 3.63) is 40.6 Å². The molecule has 0 atom stereocenters. The van der Waals surface area contributed by atoms with Crippen LogP contribution in [0.1, 0.15) is 35.2 Å². The van der Waals surface area contributed by atoms with E-state index in [0.29, 0.717) is 0 Å². The lowest BCUT2D eigenvalue weighted by Gasteiger charge is -2.19. The quantitative estimate of drug-likeness (QED) is 0.902. The fraction of sp³-hybridized carbons (Fsp3) is 0.412. The van der Waals surface area contributed by atoms with Crippen LogP contribution in [-0.4, -0.2) is 17.0 Å². The van der Waals surface area contributed by atoms with Crippen molar-refractivity contribution in [2.75, 3.05) is 12.4 Å². The van der Waals surface area contributed by atoms with Crippen LogP contribution in [0.15, 0.2) is 18.2 Å². The number of nitrogens with one attached hydrogen (secondary N) is 1.